The van der Waals surface area contributed by atoms with Crippen LogP contribution in [-0.2, 0) is 6.42 Å². The maximum absolute atomic E-state index is 13.6. The average Bonchev–Trinajstić information content (AvgIpc) is 2.83. The van der Waals surface area contributed by atoms with Gasteiger partial charge in [-0.2, -0.15) is 0 Å². The van der Waals surface area contributed by atoms with Crippen LogP contribution in [0.15, 0.2) is 36.7 Å². The van der Waals surface area contributed by atoms with Crippen molar-refractivity contribution >= 4 is 27.4 Å². The lowest BCUT2D eigenvalue weighted by Crippen LogP contribution is -2.08. The highest BCUT2D eigenvalue weighted by Crippen LogP contribution is 2.29. The van der Waals surface area contributed by atoms with E-state index in [1.54, 1.807) is 12.1 Å². The zero-order valence-electron chi connectivity index (χ0n) is 9.93. The lowest BCUT2D eigenvalue weighted by molar-refractivity contribution is 0.614. The highest BCUT2D eigenvalue weighted by molar-refractivity contribution is 7.18. The number of halogens is 1. The van der Waals surface area contributed by atoms with E-state index in [9.17, 15) is 4.39 Å². The van der Waals surface area contributed by atoms with Gasteiger partial charge < -0.3 is 5.43 Å². The zero-order valence-corrected chi connectivity index (χ0v) is 10.7. The lowest BCUT2D eigenvalue weighted by Gasteiger charge is -1.99. The molecule has 0 fully saturated rings. The zero-order chi connectivity index (χ0) is 13.2. The maximum Gasteiger partial charge on any atom is 0.152 e. The van der Waals surface area contributed by atoms with E-state index in [4.69, 9.17) is 5.84 Å². The van der Waals surface area contributed by atoms with Crippen LogP contribution in [0.2, 0.25) is 0 Å². The molecule has 96 valence electrons. The number of nitrogens with two attached hydrogens (primary N) is 1. The van der Waals surface area contributed by atoms with E-state index in [1.165, 1.54) is 23.7 Å². The van der Waals surface area contributed by atoms with Crippen LogP contribution in [0.25, 0.3) is 10.2 Å². The molecule has 1 aromatic carbocycles. The number of thiophene rings is 1. The Balaban J connectivity index is 2.00. The quantitative estimate of drug-likeness (QED) is 0.569. The molecule has 0 atom stereocenters. The Hall–Kier alpha value is -2.05. The predicted molar refractivity (Wildman–Crippen MR) is 74.4 cm³/mol. The molecule has 0 saturated carbocycles. The second kappa shape index (κ2) is 4.91. The SMILES string of the molecule is NNc1ncnc2sc(Cc3ccccc3F)cc12. The number of fused-ring (bicyclic) bond motifs is 1. The first-order valence-electron chi connectivity index (χ1n) is 5.71. The molecule has 6 heteroatoms. The number of benzene rings is 1. The molecule has 2 aromatic heterocycles. The smallest absolute Gasteiger partial charge is 0.152 e. The number of hydrogen-bond donors (Lipinski definition) is 2. The van der Waals surface area contributed by atoms with Gasteiger partial charge in [-0.15, -0.1) is 11.3 Å². The first-order valence-corrected chi connectivity index (χ1v) is 6.53. The Morgan fingerprint density at radius 2 is 2.11 bits per heavy atom. The molecule has 0 unspecified atom stereocenters. The first kappa shape index (κ1) is 12.0. The molecule has 3 N–H and O–H groups in total. The third-order valence-corrected chi connectivity index (χ3v) is 3.88. The Morgan fingerprint density at radius 1 is 1.26 bits per heavy atom. The van der Waals surface area contributed by atoms with Gasteiger partial charge in [0.2, 0.25) is 0 Å². The Labute approximate surface area is 113 Å². The second-order valence-electron chi connectivity index (χ2n) is 4.07. The first-order chi connectivity index (χ1) is 9.28. The van der Waals surface area contributed by atoms with Crippen molar-refractivity contribution in [2.45, 2.75) is 6.42 Å². The largest absolute Gasteiger partial charge is 0.308 e. The van der Waals surface area contributed by atoms with Crippen molar-refractivity contribution in [3.05, 3.63) is 52.9 Å². The summed E-state index contributed by atoms with van der Waals surface area (Å²) in [5.41, 5.74) is 3.21. The van der Waals surface area contributed by atoms with Crippen molar-refractivity contribution in [3.63, 3.8) is 0 Å². The molecule has 0 saturated heterocycles. The minimum absolute atomic E-state index is 0.191. The number of nitrogen functional groups attached to an aromatic ring is 1. The van der Waals surface area contributed by atoms with Gasteiger partial charge in [0.25, 0.3) is 0 Å². The summed E-state index contributed by atoms with van der Waals surface area (Å²) in [7, 11) is 0. The summed E-state index contributed by atoms with van der Waals surface area (Å²) < 4.78 is 13.6. The van der Waals surface area contributed by atoms with E-state index in [2.05, 4.69) is 15.4 Å². The molecule has 0 aliphatic heterocycles. The van der Waals surface area contributed by atoms with Gasteiger partial charge in [0.15, 0.2) is 5.82 Å². The number of nitrogens with one attached hydrogen (secondary N) is 1. The van der Waals surface area contributed by atoms with Crippen LogP contribution in [0, 0.1) is 5.82 Å². The molecule has 0 bridgehead atoms. The molecule has 0 radical (unpaired) electrons. The van der Waals surface area contributed by atoms with E-state index in [-0.39, 0.29) is 5.82 Å². The number of anilines is 1. The van der Waals surface area contributed by atoms with Gasteiger partial charge >= 0.3 is 0 Å². The Kier molecular flexibility index (Phi) is 3.10. The van der Waals surface area contributed by atoms with E-state index >= 15 is 0 Å². The molecule has 0 spiro atoms. The molecule has 2 heterocycles. The number of rotatable bonds is 3. The van der Waals surface area contributed by atoms with Crippen molar-refractivity contribution in [1.29, 1.82) is 0 Å². The van der Waals surface area contributed by atoms with E-state index in [1.807, 2.05) is 12.1 Å². The third-order valence-electron chi connectivity index (χ3n) is 2.84. The van der Waals surface area contributed by atoms with E-state index in [0.29, 0.717) is 17.8 Å². The predicted octanol–water partition coefficient (Wildman–Crippen LogP) is 2.71. The molecule has 0 amide bonds. The summed E-state index contributed by atoms with van der Waals surface area (Å²) in [5, 5.41) is 0.862. The summed E-state index contributed by atoms with van der Waals surface area (Å²) in [6.07, 6.45) is 2.00. The topological polar surface area (TPSA) is 63.8 Å². The van der Waals surface area contributed by atoms with Crippen LogP contribution < -0.4 is 11.3 Å². The average molecular weight is 274 g/mol. The summed E-state index contributed by atoms with van der Waals surface area (Å²) >= 11 is 1.52. The van der Waals surface area contributed by atoms with Crippen LogP contribution >= 0.6 is 11.3 Å². The standard InChI is InChI=1S/C13H11FN4S/c14-11-4-2-1-3-8(11)5-9-6-10-12(18-15)16-7-17-13(10)19-9/h1-4,6-7H,5,15H2,(H,16,17,18). The van der Waals surface area contributed by atoms with E-state index < -0.39 is 0 Å². The highest BCUT2D eigenvalue weighted by atomic mass is 32.1. The summed E-state index contributed by atoms with van der Waals surface area (Å²) in [6.45, 7) is 0. The summed E-state index contributed by atoms with van der Waals surface area (Å²) in [5.74, 6) is 5.80. The number of nitrogens with zero attached hydrogens (tertiary/aromatic N) is 2. The molecule has 0 aliphatic rings. The number of hydrogen-bond acceptors (Lipinski definition) is 5. The fraction of sp³-hybridized carbons (Fsp3) is 0.0769. The lowest BCUT2D eigenvalue weighted by atomic mass is 10.1. The molecule has 3 aromatic rings. The summed E-state index contributed by atoms with van der Waals surface area (Å²) in [4.78, 5) is 10.1. The second-order valence-corrected chi connectivity index (χ2v) is 5.18. The number of hydrazine groups is 1. The third kappa shape index (κ3) is 2.27. The van der Waals surface area contributed by atoms with Gasteiger partial charge in [-0.25, -0.2) is 20.2 Å². The van der Waals surface area contributed by atoms with Crippen molar-refractivity contribution in [1.82, 2.24) is 9.97 Å². The minimum atomic E-state index is -0.191. The van der Waals surface area contributed by atoms with Gasteiger partial charge in [0.1, 0.15) is 17.0 Å². The maximum atomic E-state index is 13.6. The Bertz CT molecular complexity index is 725. The van der Waals surface area contributed by atoms with Gasteiger partial charge in [0, 0.05) is 11.3 Å². The van der Waals surface area contributed by atoms with Crippen LogP contribution in [-0.4, -0.2) is 9.97 Å². The van der Waals surface area contributed by atoms with Gasteiger partial charge in [-0.3, -0.25) is 0 Å². The van der Waals surface area contributed by atoms with Crippen LogP contribution in [0.5, 0.6) is 0 Å². The van der Waals surface area contributed by atoms with Crippen molar-refractivity contribution in [2.75, 3.05) is 5.43 Å². The highest BCUT2D eigenvalue weighted by Gasteiger charge is 2.10. The van der Waals surface area contributed by atoms with Crippen molar-refractivity contribution < 1.29 is 4.39 Å². The van der Waals surface area contributed by atoms with Crippen molar-refractivity contribution in [3.8, 4) is 0 Å². The Morgan fingerprint density at radius 3 is 2.89 bits per heavy atom. The van der Waals surface area contributed by atoms with Gasteiger partial charge in [-0.05, 0) is 17.7 Å². The molecule has 4 nitrogen and oxygen atoms in total. The normalized spacial score (nSPS) is 10.8. The monoisotopic (exact) mass is 274 g/mol. The van der Waals surface area contributed by atoms with Gasteiger partial charge in [0.05, 0.1) is 5.39 Å². The molecular weight excluding hydrogens is 263 g/mol. The van der Waals surface area contributed by atoms with Crippen LogP contribution in [0.3, 0.4) is 0 Å². The van der Waals surface area contributed by atoms with E-state index in [0.717, 1.165) is 15.1 Å². The molecule has 3 rings (SSSR count). The van der Waals surface area contributed by atoms with Crippen LogP contribution in [0.4, 0.5) is 10.2 Å². The number of aromatic nitrogens is 2. The van der Waals surface area contributed by atoms with Gasteiger partial charge in [-0.1, -0.05) is 18.2 Å². The molecular formula is C13H11FN4S. The molecule has 19 heavy (non-hydrogen) atoms. The molecule has 0 aliphatic carbocycles. The van der Waals surface area contributed by atoms with Crippen molar-refractivity contribution in [2.24, 2.45) is 5.84 Å². The van der Waals surface area contributed by atoms with Crippen LogP contribution in [0.1, 0.15) is 10.4 Å². The minimum Gasteiger partial charge on any atom is -0.308 e. The fourth-order valence-electron chi connectivity index (χ4n) is 1.94. The summed E-state index contributed by atoms with van der Waals surface area (Å²) in [6, 6.07) is 8.72. The fourth-order valence-corrected chi connectivity index (χ4v) is 2.96.